The fourth-order valence-electron chi connectivity index (χ4n) is 2.86. The van der Waals surface area contributed by atoms with Crippen molar-refractivity contribution in [3.05, 3.63) is 84.2 Å². The van der Waals surface area contributed by atoms with Crippen LogP contribution < -0.4 is 0 Å². The standard InChI is InChI=1S/C21H16N4OS2/c1-2-11-24-20(26)18(28-21(24)27)12-16-14-25(17-8-4-3-5-9-17)23-19(16)15-7-6-10-22-13-15/h2-10,12-14H,1,11H2/b18-12+. The van der Waals surface area contributed by atoms with E-state index in [1.54, 1.807) is 28.1 Å². The number of rotatable bonds is 5. The molecule has 2 aromatic heterocycles. The van der Waals surface area contributed by atoms with Gasteiger partial charge in [0.2, 0.25) is 0 Å². The van der Waals surface area contributed by atoms with E-state index in [0.29, 0.717) is 15.8 Å². The number of carbonyl (C=O) groups excluding carboxylic acids is 1. The Morgan fingerprint density at radius 3 is 2.71 bits per heavy atom. The van der Waals surface area contributed by atoms with Crippen LogP contribution in [0.25, 0.3) is 23.0 Å². The monoisotopic (exact) mass is 404 g/mol. The van der Waals surface area contributed by atoms with E-state index in [-0.39, 0.29) is 5.91 Å². The Balaban J connectivity index is 1.80. The number of benzene rings is 1. The van der Waals surface area contributed by atoms with Crippen LogP contribution in [-0.2, 0) is 4.79 Å². The predicted molar refractivity (Wildman–Crippen MR) is 117 cm³/mol. The first kappa shape index (κ1) is 18.3. The molecule has 3 heterocycles. The molecule has 0 radical (unpaired) electrons. The van der Waals surface area contributed by atoms with Crippen molar-refractivity contribution in [3.8, 4) is 16.9 Å². The molecule has 0 bridgehead atoms. The van der Waals surface area contributed by atoms with Crippen molar-refractivity contribution in [1.29, 1.82) is 0 Å². The Kier molecular flexibility index (Phi) is 5.18. The number of thioether (sulfide) groups is 1. The highest BCUT2D eigenvalue weighted by molar-refractivity contribution is 8.26. The van der Waals surface area contributed by atoms with Crippen molar-refractivity contribution in [2.75, 3.05) is 6.54 Å². The third-order valence-electron chi connectivity index (χ3n) is 4.17. The van der Waals surface area contributed by atoms with E-state index in [1.807, 2.05) is 54.7 Å². The van der Waals surface area contributed by atoms with Crippen LogP contribution in [0.5, 0.6) is 0 Å². The lowest BCUT2D eigenvalue weighted by molar-refractivity contribution is -0.121. The van der Waals surface area contributed by atoms with Crippen LogP contribution >= 0.6 is 24.0 Å². The van der Waals surface area contributed by atoms with Crippen molar-refractivity contribution < 1.29 is 4.79 Å². The number of aromatic nitrogens is 3. The van der Waals surface area contributed by atoms with Gasteiger partial charge < -0.3 is 0 Å². The third kappa shape index (κ3) is 3.54. The van der Waals surface area contributed by atoms with Crippen LogP contribution in [-0.4, -0.2) is 36.4 Å². The number of carbonyl (C=O) groups is 1. The van der Waals surface area contributed by atoms with Gasteiger partial charge in [-0.3, -0.25) is 14.7 Å². The molecule has 4 rings (SSSR count). The predicted octanol–water partition coefficient (Wildman–Crippen LogP) is 4.32. The maximum atomic E-state index is 12.7. The largest absolute Gasteiger partial charge is 0.289 e. The van der Waals surface area contributed by atoms with Gasteiger partial charge in [-0.25, -0.2) is 4.68 Å². The molecule has 7 heteroatoms. The topological polar surface area (TPSA) is 51.0 Å². The first-order valence-electron chi connectivity index (χ1n) is 8.59. The summed E-state index contributed by atoms with van der Waals surface area (Å²) >= 11 is 6.63. The highest BCUT2D eigenvalue weighted by atomic mass is 32.2. The number of hydrogen-bond donors (Lipinski definition) is 0. The van der Waals surface area contributed by atoms with Gasteiger partial charge in [0.1, 0.15) is 10.0 Å². The Bertz CT molecular complexity index is 1070. The Labute approximate surface area is 172 Å². The van der Waals surface area contributed by atoms with Crippen LogP contribution in [0, 0.1) is 0 Å². The van der Waals surface area contributed by atoms with Crippen LogP contribution in [0.3, 0.4) is 0 Å². The minimum absolute atomic E-state index is 0.112. The van der Waals surface area contributed by atoms with E-state index in [0.717, 1.165) is 22.5 Å². The molecule has 138 valence electrons. The molecule has 1 aromatic carbocycles. The smallest absolute Gasteiger partial charge is 0.266 e. The SMILES string of the molecule is C=CCN1C(=O)/C(=C\c2cn(-c3ccccc3)nc2-c2cccnc2)SC1=S. The highest BCUT2D eigenvalue weighted by Gasteiger charge is 2.31. The molecule has 0 atom stereocenters. The van der Waals surface area contributed by atoms with Crippen molar-refractivity contribution in [2.24, 2.45) is 0 Å². The molecule has 1 amide bonds. The van der Waals surface area contributed by atoms with E-state index in [2.05, 4.69) is 11.6 Å². The fraction of sp³-hybridized carbons (Fsp3) is 0.0476. The number of thiocarbonyl (C=S) groups is 1. The van der Waals surface area contributed by atoms with Crippen LogP contribution in [0.15, 0.2) is 78.6 Å². The van der Waals surface area contributed by atoms with Gasteiger partial charge in [0, 0.05) is 36.3 Å². The zero-order valence-corrected chi connectivity index (χ0v) is 16.5. The summed E-state index contributed by atoms with van der Waals surface area (Å²) in [5.41, 5.74) is 3.40. The summed E-state index contributed by atoms with van der Waals surface area (Å²) in [5.74, 6) is -0.112. The second kappa shape index (κ2) is 7.92. The molecule has 0 spiro atoms. The van der Waals surface area contributed by atoms with E-state index >= 15 is 0 Å². The van der Waals surface area contributed by atoms with E-state index in [4.69, 9.17) is 17.3 Å². The molecule has 3 aromatic rings. The molecule has 0 saturated carbocycles. The molecule has 1 aliphatic heterocycles. The summed E-state index contributed by atoms with van der Waals surface area (Å²) < 4.78 is 2.34. The van der Waals surface area contributed by atoms with Crippen molar-refractivity contribution in [1.82, 2.24) is 19.7 Å². The summed E-state index contributed by atoms with van der Waals surface area (Å²) in [5, 5.41) is 4.74. The molecular weight excluding hydrogens is 388 g/mol. The molecule has 1 aliphatic rings. The first-order valence-corrected chi connectivity index (χ1v) is 9.81. The molecular formula is C21H16N4OS2. The van der Waals surface area contributed by atoms with Crippen LogP contribution in [0.4, 0.5) is 0 Å². The zero-order chi connectivity index (χ0) is 19.5. The lowest BCUT2D eigenvalue weighted by atomic mass is 10.1. The second-order valence-electron chi connectivity index (χ2n) is 6.04. The molecule has 5 nitrogen and oxygen atoms in total. The van der Waals surface area contributed by atoms with Crippen LogP contribution in [0.1, 0.15) is 5.56 Å². The van der Waals surface area contributed by atoms with E-state index in [9.17, 15) is 4.79 Å². The number of para-hydroxylation sites is 1. The van der Waals surface area contributed by atoms with Crippen molar-refractivity contribution in [2.45, 2.75) is 0 Å². The van der Waals surface area contributed by atoms with E-state index in [1.165, 1.54) is 11.8 Å². The van der Waals surface area contributed by atoms with Gasteiger partial charge in [-0.1, -0.05) is 48.3 Å². The minimum Gasteiger partial charge on any atom is -0.289 e. The number of nitrogens with zero attached hydrogens (tertiary/aromatic N) is 4. The molecule has 0 aliphatic carbocycles. The molecule has 28 heavy (non-hydrogen) atoms. The quantitative estimate of drug-likeness (QED) is 0.360. The lowest BCUT2D eigenvalue weighted by Crippen LogP contribution is -2.27. The molecule has 1 saturated heterocycles. The van der Waals surface area contributed by atoms with Gasteiger partial charge in [0.25, 0.3) is 5.91 Å². The van der Waals surface area contributed by atoms with E-state index < -0.39 is 0 Å². The van der Waals surface area contributed by atoms with Gasteiger partial charge in [0.05, 0.1) is 10.6 Å². The number of pyridine rings is 1. The zero-order valence-electron chi connectivity index (χ0n) is 14.9. The average molecular weight is 405 g/mol. The lowest BCUT2D eigenvalue weighted by Gasteiger charge is -2.10. The van der Waals surface area contributed by atoms with Gasteiger partial charge in [-0.05, 0) is 30.3 Å². The van der Waals surface area contributed by atoms with Gasteiger partial charge in [-0.2, -0.15) is 5.10 Å². The number of hydrogen-bond acceptors (Lipinski definition) is 5. The Hall–Kier alpha value is -3.03. The summed E-state index contributed by atoms with van der Waals surface area (Å²) in [4.78, 5) is 19.0. The second-order valence-corrected chi connectivity index (χ2v) is 7.71. The first-order chi connectivity index (χ1) is 13.7. The fourth-order valence-corrected chi connectivity index (χ4v) is 4.13. The van der Waals surface area contributed by atoms with Gasteiger partial charge in [0.15, 0.2) is 0 Å². The highest BCUT2D eigenvalue weighted by Crippen LogP contribution is 2.34. The number of amides is 1. The normalized spacial score (nSPS) is 15.4. The minimum atomic E-state index is -0.112. The molecule has 1 fully saturated rings. The maximum Gasteiger partial charge on any atom is 0.266 e. The van der Waals surface area contributed by atoms with Crippen LogP contribution in [0.2, 0.25) is 0 Å². The Morgan fingerprint density at radius 2 is 2.00 bits per heavy atom. The Morgan fingerprint density at radius 1 is 1.18 bits per heavy atom. The summed E-state index contributed by atoms with van der Waals surface area (Å²) in [6, 6.07) is 13.7. The third-order valence-corrected chi connectivity index (χ3v) is 5.55. The van der Waals surface area contributed by atoms with Crippen molar-refractivity contribution >= 4 is 40.3 Å². The summed E-state index contributed by atoms with van der Waals surface area (Å²) in [6.45, 7) is 4.09. The van der Waals surface area contributed by atoms with Gasteiger partial charge >= 0.3 is 0 Å². The summed E-state index contributed by atoms with van der Waals surface area (Å²) in [7, 11) is 0. The maximum absolute atomic E-state index is 12.7. The molecule has 0 N–H and O–H groups in total. The average Bonchev–Trinajstić information content (AvgIpc) is 3.26. The molecule has 0 unspecified atom stereocenters. The van der Waals surface area contributed by atoms with Crippen molar-refractivity contribution in [3.63, 3.8) is 0 Å². The summed E-state index contributed by atoms with van der Waals surface area (Å²) in [6.07, 6.45) is 8.91. The van der Waals surface area contributed by atoms with Gasteiger partial charge in [-0.15, -0.1) is 6.58 Å².